The molecule has 2 amide bonds. The summed E-state index contributed by atoms with van der Waals surface area (Å²) in [6.45, 7) is 0. The van der Waals surface area contributed by atoms with E-state index < -0.39 is 5.91 Å². The molecule has 6 nitrogen and oxygen atoms in total. The summed E-state index contributed by atoms with van der Waals surface area (Å²) in [4.78, 5) is 27.4. The highest BCUT2D eigenvalue weighted by Crippen LogP contribution is 2.17. The van der Waals surface area contributed by atoms with Crippen LogP contribution in [0.5, 0.6) is 5.75 Å². The van der Waals surface area contributed by atoms with Gasteiger partial charge in [-0.1, -0.05) is 18.2 Å². The zero-order valence-corrected chi connectivity index (χ0v) is 11.5. The van der Waals surface area contributed by atoms with Crippen molar-refractivity contribution in [3.05, 3.63) is 59.9 Å². The van der Waals surface area contributed by atoms with Gasteiger partial charge in [0.05, 0.1) is 13.5 Å². The Hall–Kier alpha value is -2.89. The van der Waals surface area contributed by atoms with E-state index >= 15 is 0 Å². The first kappa shape index (κ1) is 14.5. The number of carbonyl (C=O) groups is 2. The lowest BCUT2D eigenvalue weighted by atomic mass is 10.1. The minimum atomic E-state index is -0.397. The zero-order chi connectivity index (χ0) is 15.1. The Morgan fingerprint density at radius 3 is 2.52 bits per heavy atom. The highest BCUT2D eigenvalue weighted by molar-refractivity contribution is 5.95. The monoisotopic (exact) mass is 285 g/mol. The summed E-state index contributed by atoms with van der Waals surface area (Å²) in [7, 11) is 1.54. The van der Waals surface area contributed by atoms with Crippen LogP contribution in [0.15, 0.2) is 48.8 Å². The van der Waals surface area contributed by atoms with Crippen LogP contribution >= 0.6 is 0 Å². The van der Waals surface area contributed by atoms with Gasteiger partial charge in [-0.15, -0.1) is 0 Å². The Balaban J connectivity index is 1.89. The number of rotatable bonds is 4. The number of amides is 2. The minimum Gasteiger partial charge on any atom is -0.496 e. The molecule has 0 radical (unpaired) electrons. The number of para-hydroxylation sites is 1. The van der Waals surface area contributed by atoms with Gasteiger partial charge in [0.1, 0.15) is 5.75 Å². The molecule has 0 saturated heterocycles. The maximum Gasteiger partial charge on any atom is 0.269 e. The predicted octanol–water partition coefficient (Wildman–Crippen LogP) is 1.09. The van der Waals surface area contributed by atoms with E-state index in [9.17, 15) is 9.59 Å². The maximum atomic E-state index is 11.8. The fourth-order valence-corrected chi connectivity index (χ4v) is 1.77. The molecular formula is C15H15N3O3. The van der Waals surface area contributed by atoms with E-state index in [1.807, 2.05) is 12.1 Å². The van der Waals surface area contributed by atoms with Gasteiger partial charge in [-0.2, -0.15) is 0 Å². The standard InChI is InChI=1S/C15H15N3O3/c1-21-13-5-3-2-4-12(13)10-14(19)17-18-15(20)11-6-8-16-9-7-11/h2-9H,10H2,1H3,(H,17,19)(H,18,20). The summed E-state index contributed by atoms with van der Waals surface area (Å²) in [6, 6.07) is 10.3. The average Bonchev–Trinajstić information content (AvgIpc) is 2.54. The highest BCUT2D eigenvalue weighted by Gasteiger charge is 2.10. The van der Waals surface area contributed by atoms with Crippen LogP contribution in [-0.2, 0) is 11.2 Å². The first-order valence-electron chi connectivity index (χ1n) is 6.32. The molecule has 0 atom stereocenters. The number of hydrazine groups is 1. The van der Waals surface area contributed by atoms with Gasteiger partial charge in [0.2, 0.25) is 5.91 Å². The smallest absolute Gasteiger partial charge is 0.269 e. The number of hydrogen-bond acceptors (Lipinski definition) is 4. The normalized spacial score (nSPS) is 9.76. The molecule has 1 aromatic heterocycles. The quantitative estimate of drug-likeness (QED) is 0.824. The molecule has 0 fully saturated rings. The van der Waals surface area contributed by atoms with E-state index in [2.05, 4.69) is 15.8 Å². The molecular weight excluding hydrogens is 270 g/mol. The number of nitrogens with one attached hydrogen (secondary N) is 2. The topological polar surface area (TPSA) is 80.3 Å². The van der Waals surface area contributed by atoms with Crippen molar-refractivity contribution >= 4 is 11.8 Å². The number of ether oxygens (including phenoxy) is 1. The van der Waals surface area contributed by atoms with E-state index in [0.717, 1.165) is 5.56 Å². The summed E-state index contributed by atoms with van der Waals surface area (Å²) in [6.07, 6.45) is 3.12. The van der Waals surface area contributed by atoms with Crippen molar-refractivity contribution in [3.8, 4) is 5.75 Å². The predicted molar refractivity (Wildman–Crippen MR) is 76.5 cm³/mol. The molecule has 108 valence electrons. The summed E-state index contributed by atoms with van der Waals surface area (Å²) < 4.78 is 5.17. The second-order valence-electron chi connectivity index (χ2n) is 4.23. The molecule has 1 aromatic carbocycles. The van der Waals surface area contributed by atoms with Crippen LogP contribution in [-0.4, -0.2) is 23.9 Å². The van der Waals surface area contributed by atoms with Gasteiger partial charge in [-0.3, -0.25) is 25.4 Å². The lowest BCUT2D eigenvalue weighted by Crippen LogP contribution is -2.42. The fraction of sp³-hybridized carbons (Fsp3) is 0.133. The molecule has 0 aliphatic rings. The first-order valence-corrected chi connectivity index (χ1v) is 6.32. The molecule has 0 unspecified atom stereocenters. The van der Waals surface area contributed by atoms with Gasteiger partial charge < -0.3 is 4.74 Å². The van der Waals surface area contributed by atoms with Crippen molar-refractivity contribution in [1.29, 1.82) is 0 Å². The second-order valence-corrected chi connectivity index (χ2v) is 4.23. The van der Waals surface area contributed by atoms with Crippen molar-refractivity contribution in [3.63, 3.8) is 0 Å². The van der Waals surface area contributed by atoms with E-state index in [0.29, 0.717) is 11.3 Å². The Labute approximate surface area is 122 Å². The van der Waals surface area contributed by atoms with E-state index in [4.69, 9.17) is 4.74 Å². The van der Waals surface area contributed by atoms with Crippen LogP contribution in [0, 0.1) is 0 Å². The SMILES string of the molecule is COc1ccccc1CC(=O)NNC(=O)c1ccncc1. The van der Waals surface area contributed by atoms with Gasteiger partial charge in [0.15, 0.2) is 0 Å². The molecule has 0 spiro atoms. The van der Waals surface area contributed by atoms with Gasteiger partial charge in [0, 0.05) is 23.5 Å². The molecule has 0 aliphatic heterocycles. The van der Waals surface area contributed by atoms with Gasteiger partial charge >= 0.3 is 0 Å². The molecule has 0 saturated carbocycles. The molecule has 2 rings (SSSR count). The molecule has 1 heterocycles. The summed E-state index contributed by atoms with van der Waals surface area (Å²) in [5, 5.41) is 0. The van der Waals surface area contributed by atoms with Crippen LogP contribution in [0.4, 0.5) is 0 Å². The number of nitrogens with zero attached hydrogens (tertiary/aromatic N) is 1. The zero-order valence-electron chi connectivity index (χ0n) is 11.5. The number of pyridine rings is 1. The molecule has 6 heteroatoms. The number of aromatic nitrogens is 1. The molecule has 21 heavy (non-hydrogen) atoms. The average molecular weight is 285 g/mol. The highest BCUT2D eigenvalue weighted by atomic mass is 16.5. The van der Waals surface area contributed by atoms with Crippen LogP contribution in [0.25, 0.3) is 0 Å². The Morgan fingerprint density at radius 2 is 1.81 bits per heavy atom. The lowest BCUT2D eigenvalue weighted by molar-refractivity contribution is -0.121. The lowest BCUT2D eigenvalue weighted by Gasteiger charge is -2.09. The van der Waals surface area contributed by atoms with E-state index in [1.165, 1.54) is 12.4 Å². The van der Waals surface area contributed by atoms with Gasteiger partial charge in [-0.25, -0.2) is 0 Å². The fourth-order valence-electron chi connectivity index (χ4n) is 1.77. The third kappa shape index (κ3) is 4.04. The van der Waals surface area contributed by atoms with Gasteiger partial charge in [-0.05, 0) is 18.2 Å². The van der Waals surface area contributed by atoms with Crippen LogP contribution in [0.2, 0.25) is 0 Å². The van der Waals surface area contributed by atoms with Crippen molar-refractivity contribution in [2.45, 2.75) is 6.42 Å². The van der Waals surface area contributed by atoms with E-state index in [-0.39, 0.29) is 12.3 Å². The summed E-state index contributed by atoms with van der Waals surface area (Å²) in [5.41, 5.74) is 5.88. The Bertz CT molecular complexity index is 629. The summed E-state index contributed by atoms with van der Waals surface area (Å²) in [5.74, 6) is -0.0965. The van der Waals surface area contributed by atoms with Crippen LogP contribution in [0.1, 0.15) is 15.9 Å². The first-order chi connectivity index (χ1) is 10.2. The molecule has 0 bridgehead atoms. The van der Waals surface area contributed by atoms with Crippen molar-refractivity contribution < 1.29 is 14.3 Å². The molecule has 0 aliphatic carbocycles. The van der Waals surface area contributed by atoms with Crippen molar-refractivity contribution in [2.75, 3.05) is 7.11 Å². The van der Waals surface area contributed by atoms with E-state index in [1.54, 1.807) is 31.4 Å². The molecule has 2 N–H and O–H groups in total. The Kier molecular flexibility index (Phi) is 4.87. The third-order valence-corrected chi connectivity index (χ3v) is 2.80. The number of hydrogen-bond donors (Lipinski definition) is 2. The van der Waals surface area contributed by atoms with Crippen LogP contribution < -0.4 is 15.6 Å². The van der Waals surface area contributed by atoms with Gasteiger partial charge in [0.25, 0.3) is 5.91 Å². The molecule has 2 aromatic rings. The largest absolute Gasteiger partial charge is 0.496 e. The third-order valence-electron chi connectivity index (χ3n) is 2.80. The minimum absolute atomic E-state index is 0.112. The Morgan fingerprint density at radius 1 is 1.10 bits per heavy atom. The van der Waals surface area contributed by atoms with Crippen molar-refractivity contribution in [2.24, 2.45) is 0 Å². The number of methoxy groups -OCH3 is 1. The maximum absolute atomic E-state index is 11.8. The van der Waals surface area contributed by atoms with Crippen LogP contribution in [0.3, 0.4) is 0 Å². The summed E-state index contributed by atoms with van der Waals surface area (Å²) >= 11 is 0. The number of carbonyl (C=O) groups excluding carboxylic acids is 2. The van der Waals surface area contributed by atoms with Crippen molar-refractivity contribution in [1.82, 2.24) is 15.8 Å². The number of benzene rings is 1. The second kappa shape index (κ2) is 7.04.